The molecule has 8 heteroatoms. The van der Waals surface area contributed by atoms with Crippen LogP contribution in [0.3, 0.4) is 0 Å². The number of halogens is 2. The van der Waals surface area contributed by atoms with Crippen molar-refractivity contribution < 1.29 is 18.3 Å². The summed E-state index contributed by atoms with van der Waals surface area (Å²) in [5, 5.41) is 6.15. The first-order valence-corrected chi connectivity index (χ1v) is 8.68. The molecule has 1 unspecified atom stereocenters. The van der Waals surface area contributed by atoms with Gasteiger partial charge >= 0.3 is 6.61 Å². The minimum absolute atomic E-state index is 0.0450. The molecule has 1 aliphatic rings. The molecule has 2 N–H and O–H groups in total. The number of carbonyl (C=O) groups is 1. The molecule has 1 saturated heterocycles. The molecule has 118 valence electrons. The number of amides is 1. The van der Waals surface area contributed by atoms with E-state index in [1.807, 2.05) is 11.8 Å². The number of alkyl halides is 2. The fourth-order valence-electron chi connectivity index (χ4n) is 2.08. The maximum Gasteiger partial charge on any atom is 0.387 e. The maximum absolute atomic E-state index is 12.3. The average Bonchev–Trinajstić information content (AvgIpc) is 2.80. The minimum Gasteiger partial charge on any atom is -0.433 e. The van der Waals surface area contributed by atoms with Crippen LogP contribution in [0.2, 0.25) is 0 Å². The summed E-state index contributed by atoms with van der Waals surface area (Å²) in [6, 6.07) is 1.86. The van der Waals surface area contributed by atoms with E-state index in [1.165, 1.54) is 6.07 Å². The smallest absolute Gasteiger partial charge is 0.387 e. The lowest BCUT2D eigenvalue weighted by Crippen LogP contribution is -2.40. The van der Waals surface area contributed by atoms with Crippen LogP contribution in [0, 0.1) is 6.92 Å². The zero-order valence-electron chi connectivity index (χ0n) is 11.7. The number of carbonyl (C=O) groups excluding carboxylic acids is 1. The fraction of sp³-hybridized carbons (Fsp3) is 0.615. The molecule has 0 saturated carbocycles. The monoisotopic (exact) mass is 336 g/mol. The van der Waals surface area contributed by atoms with Crippen LogP contribution < -0.4 is 15.4 Å². The molecule has 2 rings (SSSR count). The number of hydrogen-bond acceptors (Lipinski definition) is 5. The quantitative estimate of drug-likeness (QED) is 0.838. The van der Waals surface area contributed by atoms with Crippen LogP contribution in [-0.4, -0.2) is 43.2 Å². The van der Waals surface area contributed by atoms with E-state index < -0.39 is 6.61 Å². The highest BCUT2D eigenvalue weighted by Gasteiger charge is 2.19. The molecule has 0 aliphatic carbocycles. The second-order valence-corrected chi connectivity index (χ2v) is 7.11. The van der Waals surface area contributed by atoms with E-state index >= 15 is 0 Å². The van der Waals surface area contributed by atoms with Crippen LogP contribution in [0.5, 0.6) is 5.75 Å². The third-order valence-corrected chi connectivity index (χ3v) is 5.18. The molecular weight excluding hydrogens is 318 g/mol. The molecule has 1 aromatic rings. The summed E-state index contributed by atoms with van der Waals surface area (Å²) >= 11 is 3.05. The highest BCUT2D eigenvalue weighted by Crippen LogP contribution is 2.30. The van der Waals surface area contributed by atoms with Gasteiger partial charge < -0.3 is 15.4 Å². The Morgan fingerprint density at radius 1 is 1.62 bits per heavy atom. The van der Waals surface area contributed by atoms with E-state index in [0.29, 0.717) is 12.6 Å². The second kappa shape index (κ2) is 7.95. The number of ether oxygens (including phenoxy) is 1. The Morgan fingerprint density at radius 2 is 2.43 bits per heavy atom. The van der Waals surface area contributed by atoms with Gasteiger partial charge in [-0.2, -0.15) is 20.5 Å². The van der Waals surface area contributed by atoms with Crippen molar-refractivity contribution in [3.05, 3.63) is 15.8 Å². The van der Waals surface area contributed by atoms with Crippen molar-refractivity contribution in [3.8, 4) is 5.75 Å². The van der Waals surface area contributed by atoms with Crippen LogP contribution in [-0.2, 0) is 0 Å². The summed E-state index contributed by atoms with van der Waals surface area (Å²) in [5.74, 6) is 1.75. The topological polar surface area (TPSA) is 50.4 Å². The molecule has 0 spiro atoms. The SMILES string of the molecule is Cc1cc(OC(F)F)c(C(=O)NCCC2CSCCN2)s1. The van der Waals surface area contributed by atoms with Crippen molar-refractivity contribution in [3.63, 3.8) is 0 Å². The van der Waals surface area contributed by atoms with Gasteiger partial charge in [-0.3, -0.25) is 4.79 Å². The predicted octanol–water partition coefficient (Wildman–Crippen LogP) is 2.48. The van der Waals surface area contributed by atoms with Crippen LogP contribution in [0.25, 0.3) is 0 Å². The first-order chi connectivity index (χ1) is 10.1. The Balaban J connectivity index is 1.84. The molecular formula is C13H18F2N2O2S2. The highest BCUT2D eigenvalue weighted by molar-refractivity contribution is 7.99. The zero-order valence-corrected chi connectivity index (χ0v) is 13.3. The van der Waals surface area contributed by atoms with Gasteiger partial charge in [0.2, 0.25) is 0 Å². The van der Waals surface area contributed by atoms with Crippen LogP contribution in [0.4, 0.5) is 8.78 Å². The van der Waals surface area contributed by atoms with E-state index in [9.17, 15) is 13.6 Å². The minimum atomic E-state index is -2.92. The molecule has 1 amide bonds. The first-order valence-electron chi connectivity index (χ1n) is 6.71. The van der Waals surface area contributed by atoms with Crippen molar-refractivity contribution >= 4 is 29.0 Å². The van der Waals surface area contributed by atoms with E-state index in [4.69, 9.17) is 0 Å². The van der Waals surface area contributed by atoms with Crippen molar-refractivity contribution in [2.45, 2.75) is 26.0 Å². The van der Waals surface area contributed by atoms with E-state index in [0.717, 1.165) is 40.7 Å². The molecule has 1 fully saturated rings. The summed E-state index contributed by atoms with van der Waals surface area (Å²) in [6.07, 6.45) is 0.828. The van der Waals surface area contributed by atoms with Crippen LogP contribution >= 0.6 is 23.1 Å². The molecule has 0 bridgehead atoms. The van der Waals surface area contributed by atoms with Gasteiger partial charge in [0.1, 0.15) is 10.6 Å². The Bertz CT molecular complexity index is 477. The fourth-order valence-corrected chi connectivity index (χ4v) is 3.94. The normalized spacial score (nSPS) is 18.8. The van der Waals surface area contributed by atoms with Gasteiger partial charge in [0.05, 0.1) is 0 Å². The molecule has 0 radical (unpaired) electrons. The van der Waals surface area contributed by atoms with Crippen molar-refractivity contribution in [1.29, 1.82) is 0 Å². The van der Waals surface area contributed by atoms with E-state index in [-0.39, 0.29) is 16.5 Å². The van der Waals surface area contributed by atoms with Crippen molar-refractivity contribution in [2.75, 3.05) is 24.6 Å². The van der Waals surface area contributed by atoms with Gasteiger partial charge in [-0.1, -0.05) is 0 Å². The predicted molar refractivity (Wildman–Crippen MR) is 81.8 cm³/mol. The Kier molecular flexibility index (Phi) is 6.25. The summed E-state index contributed by atoms with van der Waals surface area (Å²) in [6.45, 7) is 0.333. The Labute approximate surface area is 130 Å². The molecule has 0 aromatic carbocycles. The lowest BCUT2D eigenvalue weighted by molar-refractivity contribution is -0.0498. The molecule has 21 heavy (non-hydrogen) atoms. The average molecular weight is 336 g/mol. The van der Waals surface area contributed by atoms with Gasteiger partial charge in [-0.25, -0.2) is 0 Å². The summed E-state index contributed by atoms with van der Waals surface area (Å²) < 4.78 is 29.0. The number of aryl methyl sites for hydroxylation is 1. The van der Waals surface area contributed by atoms with Gasteiger partial charge in [-0.05, 0) is 19.4 Å². The standard InChI is InChI=1S/C13H18F2N2O2S2/c1-8-6-10(19-13(14)15)11(21-8)12(18)17-3-2-9-7-20-5-4-16-9/h6,9,13,16H,2-5,7H2,1H3,(H,17,18). The number of thioether (sulfide) groups is 1. The van der Waals surface area contributed by atoms with Gasteiger partial charge in [0, 0.05) is 35.5 Å². The molecule has 1 aromatic heterocycles. The number of rotatable bonds is 6. The third kappa shape index (κ3) is 5.12. The van der Waals surface area contributed by atoms with Crippen molar-refractivity contribution in [2.24, 2.45) is 0 Å². The lowest BCUT2D eigenvalue weighted by atomic mass is 10.2. The first kappa shape index (κ1) is 16.5. The van der Waals surface area contributed by atoms with Gasteiger partial charge in [0.25, 0.3) is 5.91 Å². The van der Waals surface area contributed by atoms with Gasteiger partial charge in [-0.15, -0.1) is 11.3 Å². The van der Waals surface area contributed by atoms with Crippen LogP contribution in [0.1, 0.15) is 21.0 Å². The number of nitrogens with one attached hydrogen (secondary N) is 2. The summed E-state index contributed by atoms with van der Waals surface area (Å²) in [7, 11) is 0. The third-order valence-electron chi connectivity index (χ3n) is 3.02. The van der Waals surface area contributed by atoms with E-state index in [2.05, 4.69) is 15.4 Å². The zero-order chi connectivity index (χ0) is 15.2. The van der Waals surface area contributed by atoms with E-state index in [1.54, 1.807) is 6.92 Å². The molecule has 1 atom stereocenters. The second-order valence-electron chi connectivity index (χ2n) is 4.70. The number of thiophene rings is 1. The largest absolute Gasteiger partial charge is 0.433 e. The summed E-state index contributed by atoms with van der Waals surface area (Å²) in [5.41, 5.74) is 0. The summed E-state index contributed by atoms with van der Waals surface area (Å²) in [4.78, 5) is 13.0. The Morgan fingerprint density at radius 3 is 3.10 bits per heavy atom. The molecule has 4 nitrogen and oxygen atoms in total. The highest BCUT2D eigenvalue weighted by atomic mass is 32.2. The maximum atomic E-state index is 12.3. The molecule has 1 aliphatic heterocycles. The molecule has 2 heterocycles. The number of hydrogen-bond donors (Lipinski definition) is 2. The Hall–Kier alpha value is -0.860. The van der Waals surface area contributed by atoms with Crippen LogP contribution in [0.15, 0.2) is 6.07 Å². The van der Waals surface area contributed by atoms with Gasteiger partial charge in [0.15, 0.2) is 0 Å². The lowest BCUT2D eigenvalue weighted by Gasteiger charge is -2.23. The van der Waals surface area contributed by atoms with Crippen molar-refractivity contribution in [1.82, 2.24) is 10.6 Å².